The number of aromatic nitrogens is 2. The largest absolute Gasteiger partial charge is 0.344 e. The van der Waals surface area contributed by atoms with Gasteiger partial charge in [0.2, 0.25) is 0 Å². The molecule has 0 spiro atoms. The Kier molecular flexibility index (Phi) is 7.12. The summed E-state index contributed by atoms with van der Waals surface area (Å²) in [6, 6.07) is 17.0. The Morgan fingerprint density at radius 3 is 2.43 bits per heavy atom. The third kappa shape index (κ3) is 4.07. The van der Waals surface area contributed by atoms with Crippen LogP contribution in [0.4, 0.5) is 5.69 Å². The number of hydrogen-bond donors (Lipinski definition) is 0. The first kappa shape index (κ1) is 25.9. The first-order valence-electron chi connectivity index (χ1n) is 13.2. The molecule has 0 fully saturated rings. The van der Waals surface area contributed by atoms with Gasteiger partial charge in [0.15, 0.2) is 16.8 Å². The number of fused-ring (bicyclic) bond motifs is 2. The molecule has 0 saturated heterocycles. The van der Waals surface area contributed by atoms with Crippen molar-refractivity contribution in [1.82, 2.24) is 4.57 Å². The highest BCUT2D eigenvalue weighted by molar-refractivity contribution is 8.03. The van der Waals surface area contributed by atoms with Crippen LogP contribution in [0.5, 0.6) is 0 Å². The maximum Gasteiger partial charge on any atom is 0.283 e. The van der Waals surface area contributed by atoms with Crippen molar-refractivity contribution in [1.29, 1.82) is 0 Å². The summed E-state index contributed by atoms with van der Waals surface area (Å²) in [5.41, 5.74) is 7.51. The third-order valence-corrected chi connectivity index (χ3v) is 9.17. The lowest BCUT2D eigenvalue weighted by Crippen LogP contribution is -2.36. The minimum atomic E-state index is -0.179. The zero-order valence-electron chi connectivity index (χ0n) is 22.3. The number of allylic oxidation sites excluding steroid dienone is 4. The fraction of sp³-hybridized carbons (Fsp3) is 0.355. The normalized spacial score (nSPS) is 18.9. The maximum absolute atomic E-state index is 13.8. The molecule has 192 valence electrons. The van der Waals surface area contributed by atoms with Crippen molar-refractivity contribution in [2.45, 2.75) is 53.1 Å². The minimum absolute atomic E-state index is 0.114. The van der Waals surface area contributed by atoms with Crippen molar-refractivity contribution in [3.05, 3.63) is 87.7 Å². The lowest BCUT2D eigenvalue weighted by Gasteiger charge is -2.29. The van der Waals surface area contributed by atoms with Gasteiger partial charge in [0.25, 0.3) is 5.82 Å². The zero-order chi connectivity index (χ0) is 26.3. The SMILES string of the molecule is CCN1C(=CC2=C(SCCCl)C(=Cc3n(CC)c4ccccc4[n+]3CC)C2=O)C(C)(C)c2ccccc21. The second-order valence-electron chi connectivity index (χ2n) is 9.92. The van der Waals surface area contributed by atoms with Gasteiger partial charge in [-0.25, -0.2) is 9.13 Å². The van der Waals surface area contributed by atoms with Crippen LogP contribution in [0.1, 0.15) is 46.0 Å². The van der Waals surface area contributed by atoms with E-state index in [1.165, 1.54) is 28.0 Å². The fourth-order valence-electron chi connectivity index (χ4n) is 5.83. The molecule has 3 aromatic rings. The van der Waals surface area contributed by atoms with E-state index >= 15 is 0 Å². The molecule has 0 radical (unpaired) electrons. The van der Waals surface area contributed by atoms with Crippen LogP contribution in [-0.2, 0) is 23.3 Å². The average Bonchev–Trinajstić information content (AvgIpc) is 3.34. The van der Waals surface area contributed by atoms with E-state index in [-0.39, 0.29) is 11.2 Å². The molecular formula is C31H35ClN3OS+. The molecule has 0 bridgehead atoms. The highest BCUT2D eigenvalue weighted by Crippen LogP contribution is 2.49. The molecule has 6 heteroatoms. The Morgan fingerprint density at radius 2 is 1.73 bits per heavy atom. The Morgan fingerprint density at radius 1 is 1.00 bits per heavy atom. The number of benzene rings is 2. The quantitative estimate of drug-likeness (QED) is 0.180. The van der Waals surface area contributed by atoms with Crippen LogP contribution in [0.25, 0.3) is 17.1 Å². The number of rotatable bonds is 8. The van der Waals surface area contributed by atoms with Gasteiger partial charge in [-0.1, -0.05) is 44.2 Å². The number of Topliss-reactive ketones (excluding diaryl/α,β-unsaturated/α-hetero) is 1. The number of ketones is 1. The van der Waals surface area contributed by atoms with E-state index in [2.05, 4.69) is 109 Å². The number of imidazole rings is 1. The number of aryl methyl sites for hydroxylation is 2. The van der Waals surface area contributed by atoms with Gasteiger partial charge in [-0.15, -0.1) is 23.4 Å². The number of thioether (sulfide) groups is 1. The summed E-state index contributed by atoms with van der Waals surface area (Å²) in [7, 11) is 0. The Bertz CT molecular complexity index is 1440. The number of alkyl halides is 1. The predicted molar refractivity (Wildman–Crippen MR) is 157 cm³/mol. The molecule has 1 aromatic heterocycles. The van der Waals surface area contributed by atoms with Crippen LogP contribution in [0, 0.1) is 0 Å². The summed E-state index contributed by atoms with van der Waals surface area (Å²) in [6.07, 6.45) is 4.24. The van der Waals surface area contributed by atoms with Crippen molar-refractivity contribution in [2.75, 3.05) is 23.1 Å². The second-order valence-corrected chi connectivity index (χ2v) is 11.4. The number of halogens is 1. The van der Waals surface area contributed by atoms with Crippen molar-refractivity contribution in [2.24, 2.45) is 0 Å². The number of para-hydroxylation sites is 3. The molecule has 2 aliphatic rings. The molecule has 5 rings (SSSR count). The standard InChI is InChI=1S/C31H35ClN3OS/c1-6-33-24-14-10-9-13-23(24)31(4,5)27(33)19-21-29(36)22(30(21)37-18-17-32)20-28-34(7-2)25-15-11-12-16-26(25)35(28)8-3/h9-16,19-20H,6-8,17-18H2,1-5H3/q+1. The van der Waals surface area contributed by atoms with Crippen LogP contribution in [-0.4, -0.2) is 28.5 Å². The lowest BCUT2D eigenvalue weighted by molar-refractivity contribution is -0.670. The fourth-order valence-corrected chi connectivity index (χ4v) is 6.96. The lowest BCUT2D eigenvalue weighted by atomic mass is 9.81. The van der Waals surface area contributed by atoms with Gasteiger partial charge in [-0.3, -0.25) is 4.79 Å². The van der Waals surface area contributed by atoms with Crippen LogP contribution in [0.3, 0.4) is 0 Å². The van der Waals surface area contributed by atoms with E-state index in [9.17, 15) is 4.79 Å². The number of carbonyl (C=O) groups is 1. The van der Waals surface area contributed by atoms with Gasteiger partial charge < -0.3 is 4.90 Å². The van der Waals surface area contributed by atoms with Gasteiger partial charge in [-0.2, -0.15) is 0 Å². The number of nitrogens with zero attached hydrogens (tertiary/aromatic N) is 3. The van der Waals surface area contributed by atoms with E-state index < -0.39 is 0 Å². The molecule has 0 saturated carbocycles. The number of likely N-dealkylation sites (N-methyl/N-ethyl adjacent to an activating group) is 1. The summed E-state index contributed by atoms with van der Waals surface area (Å²) in [4.78, 5) is 17.2. The average molecular weight is 533 g/mol. The molecule has 0 atom stereocenters. The molecule has 2 heterocycles. The van der Waals surface area contributed by atoms with E-state index in [0.717, 1.165) is 47.3 Å². The third-order valence-electron chi connectivity index (χ3n) is 7.62. The molecule has 4 nitrogen and oxygen atoms in total. The van der Waals surface area contributed by atoms with Gasteiger partial charge in [0.1, 0.15) is 0 Å². The number of carbonyl (C=O) groups excluding carboxylic acids is 1. The molecule has 0 unspecified atom stereocenters. The first-order valence-corrected chi connectivity index (χ1v) is 14.7. The molecule has 0 N–H and O–H groups in total. The minimum Gasteiger partial charge on any atom is -0.344 e. The van der Waals surface area contributed by atoms with Crippen molar-refractivity contribution >= 4 is 51.9 Å². The topological polar surface area (TPSA) is 29.1 Å². The van der Waals surface area contributed by atoms with Crippen LogP contribution in [0.15, 0.2) is 76.4 Å². The highest BCUT2D eigenvalue weighted by Gasteiger charge is 2.42. The van der Waals surface area contributed by atoms with Gasteiger partial charge in [0, 0.05) is 57.1 Å². The van der Waals surface area contributed by atoms with E-state index in [1.54, 1.807) is 11.8 Å². The monoisotopic (exact) mass is 532 g/mol. The molecule has 37 heavy (non-hydrogen) atoms. The van der Waals surface area contributed by atoms with E-state index in [1.807, 2.05) is 0 Å². The van der Waals surface area contributed by atoms with Gasteiger partial charge in [0.05, 0.1) is 13.1 Å². The smallest absolute Gasteiger partial charge is 0.283 e. The van der Waals surface area contributed by atoms with Gasteiger partial charge in [-0.05, 0) is 50.6 Å². The summed E-state index contributed by atoms with van der Waals surface area (Å²) in [6.45, 7) is 13.5. The maximum atomic E-state index is 13.8. The molecule has 0 amide bonds. The number of hydrogen-bond acceptors (Lipinski definition) is 3. The number of anilines is 1. The van der Waals surface area contributed by atoms with Gasteiger partial charge >= 0.3 is 0 Å². The van der Waals surface area contributed by atoms with Crippen molar-refractivity contribution in [3.63, 3.8) is 0 Å². The summed E-state index contributed by atoms with van der Waals surface area (Å²) >= 11 is 7.80. The molecule has 1 aliphatic carbocycles. The molecule has 1 aliphatic heterocycles. The first-order chi connectivity index (χ1) is 17.9. The predicted octanol–water partition coefficient (Wildman–Crippen LogP) is 6.86. The summed E-state index contributed by atoms with van der Waals surface area (Å²) in [5.74, 6) is 2.48. The van der Waals surface area contributed by atoms with Crippen LogP contribution < -0.4 is 9.47 Å². The van der Waals surface area contributed by atoms with E-state index in [4.69, 9.17) is 11.6 Å². The summed E-state index contributed by atoms with van der Waals surface area (Å²) in [5, 5.41) is 0. The summed E-state index contributed by atoms with van der Waals surface area (Å²) < 4.78 is 4.60. The zero-order valence-corrected chi connectivity index (χ0v) is 23.9. The Labute approximate surface area is 229 Å². The van der Waals surface area contributed by atoms with E-state index in [0.29, 0.717) is 5.88 Å². The molecular weight excluding hydrogens is 498 g/mol. The highest BCUT2D eigenvalue weighted by atomic mass is 35.5. The van der Waals surface area contributed by atoms with Crippen molar-refractivity contribution in [3.8, 4) is 0 Å². The van der Waals surface area contributed by atoms with Crippen molar-refractivity contribution < 1.29 is 9.36 Å². The molecule has 2 aromatic carbocycles. The van der Waals surface area contributed by atoms with Crippen LogP contribution in [0.2, 0.25) is 0 Å². The van der Waals surface area contributed by atoms with Crippen LogP contribution >= 0.6 is 23.4 Å². The second kappa shape index (κ2) is 10.2. The Balaban J connectivity index is 1.66. The Hall–Kier alpha value is -2.76.